The summed E-state index contributed by atoms with van der Waals surface area (Å²) >= 11 is 0. The molecule has 0 saturated carbocycles. The van der Waals surface area contributed by atoms with E-state index in [0.717, 1.165) is 0 Å². The average Bonchev–Trinajstić information content (AvgIpc) is 1.98. The highest BCUT2D eigenvalue weighted by molar-refractivity contribution is 5.77. The van der Waals surface area contributed by atoms with Crippen molar-refractivity contribution in [2.45, 2.75) is 25.7 Å². The standard InChI is InChI=1S/C7H10N2O3/c8-5-9-6(10)3-1-2-4-7(11)12/h1-4H2,(H,9,10)(H,11,12). The Bertz CT molecular complexity index is 207. The fourth-order valence-electron chi connectivity index (χ4n) is 0.687. The third-order valence-corrected chi connectivity index (χ3v) is 1.24. The van der Waals surface area contributed by atoms with E-state index >= 15 is 0 Å². The zero-order chi connectivity index (χ0) is 9.40. The molecule has 0 aliphatic heterocycles. The largest absolute Gasteiger partial charge is 0.481 e. The molecular formula is C7H10N2O3. The van der Waals surface area contributed by atoms with Crippen molar-refractivity contribution in [2.24, 2.45) is 0 Å². The number of aliphatic carboxylic acids is 1. The van der Waals surface area contributed by atoms with Crippen LogP contribution in [0.1, 0.15) is 25.7 Å². The molecule has 0 unspecified atom stereocenters. The van der Waals surface area contributed by atoms with Gasteiger partial charge in [-0.25, -0.2) is 0 Å². The Morgan fingerprint density at radius 1 is 1.33 bits per heavy atom. The molecule has 0 spiro atoms. The van der Waals surface area contributed by atoms with Crippen LogP contribution < -0.4 is 5.32 Å². The van der Waals surface area contributed by atoms with Gasteiger partial charge in [-0.1, -0.05) is 0 Å². The number of rotatable bonds is 5. The van der Waals surface area contributed by atoms with E-state index in [2.05, 4.69) is 0 Å². The van der Waals surface area contributed by atoms with Gasteiger partial charge in [-0.15, -0.1) is 0 Å². The lowest BCUT2D eigenvalue weighted by Gasteiger charge is -1.95. The van der Waals surface area contributed by atoms with Crippen LogP contribution in [0.4, 0.5) is 0 Å². The van der Waals surface area contributed by atoms with Crippen LogP contribution >= 0.6 is 0 Å². The third-order valence-electron chi connectivity index (χ3n) is 1.24. The van der Waals surface area contributed by atoms with Crippen molar-refractivity contribution < 1.29 is 14.7 Å². The van der Waals surface area contributed by atoms with Gasteiger partial charge in [-0.2, -0.15) is 5.26 Å². The monoisotopic (exact) mass is 170 g/mol. The van der Waals surface area contributed by atoms with Gasteiger partial charge >= 0.3 is 5.97 Å². The van der Waals surface area contributed by atoms with E-state index in [0.29, 0.717) is 12.8 Å². The Hall–Kier alpha value is -1.57. The van der Waals surface area contributed by atoms with E-state index in [1.54, 1.807) is 0 Å². The molecule has 0 aromatic rings. The van der Waals surface area contributed by atoms with Crippen molar-refractivity contribution >= 4 is 11.9 Å². The van der Waals surface area contributed by atoms with Crippen molar-refractivity contribution in [1.29, 1.82) is 5.26 Å². The molecule has 0 fully saturated rings. The highest BCUT2D eigenvalue weighted by Crippen LogP contribution is 1.98. The lowest BCUT2D eigenvalue weighted by molar-refractivity contribution is -0.137. The van der Waals surface area contributed by atoms with Crippen LogP contribution in [-0.4, -0.2) is 17.0 Å². The number of unbranched alkanes of at least 4 members (excludes halogenated alkanes) is 1. The highest BCUT2D eigenvalue weighted by Gasteiger charge is 2.00. The van der Waals surface area contributed by atoms with Crippen molar-refractivity contribution in [3.63, 3.8) is 0 Å². The quantitative estimate of drug-likeness (QED) is 0.351. The summed E-state index contributed by atoms with van der Waals surface area (Å²) in [6, 6.07) is 0. The van der Waals surface area contributed by atoms with Gasteiger partial charge in [0, 0.05) is 12.8 Å². The Kier molecular flexibility index (Phi) is 5.35. The van der Waals surface area contributed by atoms with Gasteiger partial charge < -0.3 is 5.11 Å². The van der Waals surface area contributed by atoms with E-state index in [9.17, 15) is 9.59 Å². The molecule has 12 heavy (non-hydrogen) atoms. The van der Waals surface area contributed by atoms with E-state index in [-0.39, 0.29) is 18.7 Å². The molecule has 5 heteroatoms. The Morgan fingerprint density at radius 2 is 1.92 bits per heavy atom. The molecule has 0 heterocycles. The van der Waals surface area contributed by atoms with Gasteiger partial charge in [0.05, 0.1) is 0 Å². The van der Waals surface area contributed by atoms with Crippen LogP contribution in [-0.2, 0) is 9.59 Å². The summed E-state index contributed by atoms with van der Waals surface area (Å²) in [5.74, 6) is -1.22. The normalized spacial score (nSPS) is 8.58. The average molecular weight is 170 g/mol. The van der Waals surface area contributed by atoms with Crippen molar-refractivity contribution in [2.75, 3.05) is 0 Å². The van der Waals surface area contributed by atoms with E-state index in [4.69, 9.17) is 10.4 Å². The number of amides is 1. The van der Waals surface area contributed by atoms with E-state index in [1.165, 1.54) is 6.19 Å². The van der Waals surface area contributed by atoms with Crippen LogP contribution in [0.2, 0.25) is 0 Å². The number of carbonyl (C=O) groups excluding carboxylic acids is 1. The molecule has 0 aliphatic rings. The molecule has 66 valence electrons. The Morgan fingerprint density at radius 3 is 2.42 bits per heavy atom. The zero-order valence-corrected chi connectivity index (χ0v) is 6.54. The fraction of sp³-hybridized carbons (Fsp3) is 0.571. The van der Waals surface area contributed by atoms with Crippen LogP contribution in [0.15, 0.2) is 0 Å². The first kappa shape index (κ1) is 10.4. The second-order valence-electron chi connectivity index (χ2n) is 2.26. The van der Waals surface area contributed by atoms with Gasteiger partial charge in [0.25, 0.3) is 0 Å². The number of carbonyl (C=O) groups is 2. The van der Waals surface area contributed by atoms with Gasteiger partial charge in [0.2, 0.25) is 5.91 Å². The first-order chi connectivity index (χ1) is 5.66. The van der Waals surface area contributed by atoms with Gasteiger partial charge in [0.15, 0.2) is 6.19 Å². The Labute approximate surface area is 70.0 Å². The second-order valence-corrected chi connectivity index (χ2v) is 2.26. The van der Waals surface area contributed by atoms with Crippen molar-refractivity contribution in [3.05, 3.63) is 0 Å². The summed E-state index contributed by atoms with van der Waals surface area (Å²) in [6.45, 7) is 0. The summed E-state index contributed by atoms with van der Waals surface area (Å²) in [6.07, 6.45) is 2.75. The SMILES string of the molecule is N#CNC(=O)CCCCC(=O)O. The molecule has 0 aliphatic carbocycles. The third kappa shape index (κ3) is 6.55. The maximum atomic E-state index is 10.6. The maximum absolute atomic E-state index is 10.6. The minimum absolute atomic E-state index is 0.0693. The molecule has 0 rings (SSSR count). The topological polar surface area (TPSA) is 90.2 Å². The summed E-state index contributed by atoms with van der Waals surface area (Å²) in [5, 5.41) is 18.2. The van der Waals surface area contributed by atoms with Gasteiger partial charge in [-0.3, -0.25) is 14.9 Å². The van der Waals surface area contributed by atoms with Crippen LogP contribution in [0.3, 0.4) is 0 Å². The number of hydrogen-bond acceptors (Lipinski definition) is 3. The minimum Gasteiger partial charge on any atom is -0.481 e. The minimum atomic E-state index is -0.865. The zero-order valence-electron chi connectivity index (χ0n) is 6.54. The highest BCUT2D eigenvalue weighted by atomic mass is 16.4. The second kappa shape index (κ2) is 6.16. The summed E-state index contributed by atoms with van der Waals surface area (Å²) in [5.41, 5.74) is 0. The molecule has 0 aromatic carbocycles. The molecular weight excluding hydrogens is 160 g/mol. The number of hydrogen-bond donors (Lipinski definition) is 2. The van der Waals surface area contributed by atoms with E-state index < -0.39 is 5.97 Å². The molecule has 2 N–H and O–H groups in total. The van der Waals surface area contributed by atoms with Crippen LogP contribution in [0, 0.1) is 11.5 Å². The number of nitrogens with one attached hydrogen (secondary N) is 1. The first-order valence-corrected chi connectivity index (χ1v) is 3.56. The molecule has 0 aromatic heterocycles. The molecule has 0 bridgehead atoms. The Balaban J connectivity index is 3.27. The lowest BCUT2D eigenvalue weighted by atomic mass is 10.2. The fourth-order valence-corrected chi connectivity index (χ4v) is 0.687. The maximum Gasteiger partial charge on any atom is 0.303 e. The number of nitrogens with zero attached hydrogens (tertiary/aromatic N) is 1. The molecule has 0 saturated heterocycles. The van der Waals surface area contributed by atoms with Crippen molar-refractivity contribution in [3.8, 4) is 6.19 Å². The van der Waals surface area contributed by atoms with E-state index in [1.807, 2.05) is 5.32 Å². The lowest BCUT2D eigenvalue weighted by Crippen LogP contribution is -2.16. The smallest absolute Gasteiger partial charge is 0.303 e. The molecule has 1 amide bonds. The number of carboxylic acid groups (broad SMARTS) is 1. The number of nitriles is 1. The summed E-state index contributed by atoms with van der Waals surface area (Å²) in [4.78, 5) is 20.6. The van der Waals surface area contributed by atoms with Crippen LogP contribution in [0.5, 0.6) is 0 Å². The predicted molar refractivity (Wildman–Crippen MR) is 39.9 cm³/mol. The van der Waals surface area contributed by atoms with Gasteiger partial charge in [-0.05, 0) is 12.8 Å². The van der Waals surface area contributed by atoms with Gasteiger partial charge in [0.1, 0.15) is 0 Å². The van der Waals surface area contributed by atoms with Crippen molar-refractivity contribution in [1.82, 2.24) is 5.32 Å². The van der Waals surface area contributed by atoms with Crippen LogP contribution in [0.25, 0.3) is 0 Å². The number of carboxylic acids is 1. The molecule has 0 radical (unpaired) electrons. The molecule has 5 nitrogen and oxygen atoms in total. The predicted octanol–water partition coefficient (Wildman–Crippen LogP) is 0.229. The molecule has 0 atom stereocenters. The first-order valence-electron chi connectivity index (χ1n) is 3.56. The summed E-state index contributed by atoms with van der Waals surface area (Å²) < 4.78 is 0. The summed E-state index contributed by atoms with van der Waals surface area (Å²) in [7, 11) is 0.